The van der Waals surface area contributed by atoms with Crippen LogP contribution in [0.1, 0.15) is 140 Å². The third kappa shape index (κ3) is 14.3. The smallest absolute Gasteiger partial charge is 0.410 e. The van der Waals surface area contributed by atoms with Gasteiger partial charge in [-0.3, -0.25) is 4.90 Å². The predicted octanol–water partition coefficient (Wildman–Crippen LogP) is 14.2. The molecule has 10 nitrogen and oxygen atoms in total. The minimum atomic E-state index is -1.41. The largest absolute Gasteiger partial charge is 0.493 e. The van der Waals surface area contributed by atoms with Crippen molar-refractivity contribution < 1.29 is 38.8 Å². The van der Waals surface area contributed by atoms with Crippen LogP contribution in [0.4, 0.5) is 4.79 Å². The average Bonchev–Trinajstić information content (AvgIpc) is 3.40. The second-order valence-electron chi connectivity index (χ2n) is 19.8. The lowest BCUT2D eigenvalue weighted by molar-refractivity contribution is -0.256. The number of hydrogen-bond donors (Lipinski definition) is 2. The van der Waals surface area contributed by atoms with Gasteiger partial charge in [0.1, 0.15) is 24.1 Å². The highest BCUT2D eigenvalue weighted by Crippen LogP contribution is 2.62. The number of fused-ring (bicyclic) bond motifs is 3. The van der Waals surface area contributed by atoms with Crippen LogP contribution in [0.2, 0.25) is 0 Å². The molecule has 0 aromatic heterocycles. The summed E-state index contributed by atoms with van der Waals surface area (Å²) in [7, 11) is 0. The predicted molar refractivity (Wildman–Crippen MR) is 292 cm³/mol. The number of aliphatic hydroxyl groups excluding tert-OH is 2. The molecule has 1 amide bonds. The summed E-state index contributed by atoms with van der Waals surface area (Å²) in [5, 5.41) is 27.2. The number of aliphatic hydroxyl groups is 2. The van der Waals surface area contributed by atoms with Gasteiger partial charge in [-0.25, -0.2) is 4.79 Å². The molecule has 4 aromatic rings. The molecule has 6 atom stereocenters. The van der Waals surface area contributed by atoms with E-state index < -0.39 is 23.8 Å². The van der Waals surface area contributed by atoms with E-state index in [0.29, 0.717) is 44.8 Å². The zero-order valence-electron chi connectivity index (χ0n) is 43.2. The number of ether oxygens (including phenoxy) is 4. The summed E-state index contributed by atoms with van der Waals surface area (Å²) in [4.78, 5) is 24.3. The minimum Gasteiger partial charge on any atom is -0.493 e. The monoisotopic (exact) mass is 1000 g/mol. The molecule has 1 aliphatic heterocycles. The van der Waals surface area contributed by atoms with Gasteiger partial charge >= 0.3 is 6.09 Å². The first-order valence-electron chi connectivity index (χ1n) is 27.4. The fourth-order valence-corrected chi connectivity index (χ4v) is 12.2. The normalized spacial score (nSPS) is 21.6. The van der Waals surface area contributed by atoms with E-state index in [1.54, 1.807) is 17.8 Å². The van der Waals surface area contributed by atoms with Crippen LogP contribution in [-0.2, 0) is 20.9 Å². The fraction of sp³-hybridized carbons (Fsp3) is 0.541. The summed E-state index contributed by atoms with van der Waals surface area (Å²) < 4.78 is 27.8. The van der Waals surface area contributed by atoms with E-state index in [1.165, 1.54) is 49.8 Å². The fourth-order valence-electron chi connectivity index (χ4n) is 11.5. The summed E-state index contributed by atoms with van der Waals surface area (Å²) in [6.45, 7) is 10.2. The van der Waals surface area contributed by atoms with Crippen molar-refractivity contribution in [3.8, 4) is 11.5 Å². The number of oxime groups is 1. The number of nitrogens with zero attached hydrogens (tertiary/aromatic N) is 2. The van der Waals surface area contributed by atoms with E-state index in [9.17, 15) is 10.2 Å². The van der Waals surface area contributed by atoms with Crippen molar-refractivity contribution in [3.63, 3.8) is 0 Å². The highest BCUT2D eigenvalue weighted by Gasteiger charge is 2.65. The van der Waals surface area contributed by atoms with Crippen molar-refractivity contribution in [1.82, 2.24) is 4.90 Å². The van der Waals surface area contributed by atoms with Gasteiger partial charge in [0, 0.05) is 41.8 Å². The first-order valence-corrected chi connectivity index (χ1v) is 28.4. The highest BCUT2D eigenvalue weighted by molar-refractivity contribution is 7.99. The lowest BCUT2D eigenvalue weighted by atomic mass is 9.55. The van der Waals surface area contributed by atoms with E-state index in [4.69, 9.17) is 28.9 Å². The Morgan fingerprint density at radius 1 is 0.833 bits per heavy atom. The summed E-state index contributed by atoms with van der Waals surface area (Å²) in [5.74, 6) is 0.409. The van der Waals surface area contributed by atoms with Gasteiger partial charge in [-0.15, -0.1) is 18.3 Å². The van der Waals surface area contributed by atoms with Gasteiger partial charge in [-0.2, -0.15) is 0 Å². The maximum Gasteiger partial charge on any atom is 0.410 e. The molecule has 4 aromatic carbocycles. The zero-order chi connectivity index (χ0) is 50.4. The molecule has 1 heterocycles. The maximum absolute atomic E-state index is 15.3. The number of allylic oxidation sites excluding steroid dienone is 1. The van der Waals surface area contributed by atoms with Crippen molar-refractivity contribution >= 4 is 34.3 Å². The number of amides is 1. The molecular formula is C61H82N2O8S. The Balaban J connectivity index is 1.30. The van der Waals surface area contributed by atoms with Crippen LogP contribution in [0, 0.1) is 17.8 Å². The molecule has 2 aliphatic carbocycles. The SMILES string of the molecule is C=CCO[C@@]12Oc3ccc(OCCSc4ccccc4)cc3[C@H]3[C@H](CCCCO)[C@@H](CCCCO)C=C(C(=NOCC)C[C@@H]1N(Cc1cccc4ccccc14)C(=O)OCCCCCCCCCCCC)[C@H]32. The topological polar surface area (TPSA) is 119 Å². The Bertz CT molecular complexity index is 2330. The second kappa shape index (κ2) is 29.2. The average molecular weight is 1000 g/mol. The summed E-state index contributed by atoms with van der Waals surface area (Å²) in [6.07, 6.45) is 20.6. The van der Waals surface area contributed by atoms with Gasteiger partial charge in [-0.05, 0) is 103 Å². The van der Waals surface area contributed by atoms with Crippen LogP contribution in [0.5, 0.6) is 11.5 Å². The molecule has 1 saturated carbocycles. The zero-order valence-corrected chi connectivity index (χ0v) is 44.0. The van der Waals surface area contributed by atoms with Gasteiger partial charge < -0.3 is 34.0 Å². The van der Waals surface area contributed by atoms with Crippen molar-refractivity contribution in [3.05, 3.63) is 126 Å². The third-order valence-electron chi connectivity index (χ3n) is 14.9. The van der Waals surface area contributed by atoms with Crippen LogP contribution in [0.15, 0.2) is 125 Å². The minimum absolute atomic E-state index is 0.0872. The van der Waals surface area contributed by atoms with Crippen molar-refractivity contribution in [1.29, 1.82) is 0 Å². The van der Waals surface area contributed by atoms with Gasteiger partial charge in [-0.1, -0.05) is 156 Å². The third-order valence-corrected chi connectivity index (χ3v) is 15.8. The summed E-state index contributed by atoms with van der Waals surface area (Å²) in [6, 6.07) is 30.4. The number of rotatable bonds is 32. The van der Waals surface area contributed by atoms with Gasteiger partial charge in [0.05, 0.1) is 38.0 Å². The van der Waals surface area contributed by atoms with E-state index in [2.05, 4.69) is 80.2 Å². The molecule has 0 bridgehead atoms. The van der Waals surface area contributed by atoms with Gasteiger partial charge in [0.2, 0.25) is 5.79 Å². The molecule has 2 N–H and O–H groups in total. The Hall–Kier alpha value is -4.81. The molecule has 11 heteroatoms. The number of unbranched alkanes of at least 4 members (excludes halogenated alkanes) is 11. The van der Waals surface area contributed by atoms with E-state index in [-0.39, 0.29) is 44.1 Å². The molecule has 7 rings (SSSR count). The highest BCUT2D eigenvalue weighted by atomic mass is 32.2. The number of carbonyl (C=O) groups excluding carboxylic acids is 1. The molecule has 0 unspecified atom stereocenters. The van der Waals surface area contributed by atoms with E-state index >= 15 is 4.79 Å². The summed E-state index contributed by atoms with van der Waals surface area (Å²) in [5.41, 5.74) is 3.78. The Kier molecular flexibility index (Phi) is 22.3. The molecule has 0 radical (unpaired) electrons. The van der Waals surface area contributed by atoms with Gasteiger partial charge in [0.25, 0.3) is 0 Å². The van der Waals surface area contributed by atoms with Crippen molar-refractivity contribution in [2.75, 3.05) is 45.4 Å². The number of hydrogen-bond acceptors (Lipinski definition) is 10. The quantitative estimate of drug-likeness (QED) is 0.0213. The molecule has 1 fully saturated rings. The Morgan fingerprint density at radius 2 is 1.56 bits per heavy atom. The van der Waals surface area contributed by atoms with Crippen LogP contribution in [0.25, 0.3) is 10.8 Å². The molecule has 0 spiro atoms. The molecule has 72 heavy (non-hydrogen) atoms. The first-order chi connectivity index (χ1) is 35.5. The Morgan fingerprint density at radius 3 is 2.31 bits per heavy atom. The van der Waals surface area contributed by atoms with Crippen LogP contribution >= 0.6 is 11.8 Å². The maximum atomic E-state index is 15.3. The lowest BCUT2D eigenvalue weighted by Crippen LogP contribution is -2.70. The first kappa shape index (κ1) is 55.0. The second-order valence-corrected chi connectivity index (χ2v) is 20.9. The van der Waals surface area contributed by atoms with Gasteiger partial charge in [0.15, 0.2) is 0 Å². The standard InChI is InChI=1S/C61H82N2O8S/c1-4-7-8-9-10-11-12-13-14-24-39-68-60(66)63(45-48-29-25-28-46-26-18-19-32-51(46)48)57-44-55(62-70-6-3)53-42-47(27-20-22-36-64)52(33-21-23-37-65)58-54-43-49(67-40-41-72-50-30-16-15-17-31-50)34-35-56(54)71-61(57,59(53)58)69-38-5-2/h5,15-19,25-26,28-32,34-35,42-43,47,52,57-59,64-65H,2,4,6-14,20-24,27,33,36-41,44-45H2,1,3H3/t47-,52+,57-,58+,59+,61+/m0/s1. The van der Waals surface area contributed by atoms with Crippen LogP contribution in [-0.4, -0.2) is 84.1 Å². The number of thioether (sulfide) groups is 1. The molecular weight excluding hydrogens is 921 g/mol. The van der Waals surface area contributed by atoms with Crippen molar-refractivity contribution in [2.45, 2.75) is 152 Å². The summed E-state index contributed by atoms with van der Waals surface area (Å²) >= 11 is 1.76. The van der Waals surface area contributed by atoms with E-state index in [1.807, 2.05) is 42.2 Å². The molecule has 3 aliphatic rings. The van der Waals surface area contributed by atoms with Crippen LogP contribution < -0.4 is 9.47 Å². The van der Waals surface area contributed by atoms with Crippen LogP contribution in [0.3, 0.4) is 0 Å². The Labute approximate surface area is 434 Å². The number of carbonyl (C=O) groups is 1. The van der Waals surface area contributed by atoms with E-state index in [0.717, 1.165) is 89.6 Å². The number of benzene rings is 4. The molecule has 390 valence electrons. The molecule has 0 saturated heterocycles. The van der Waals surface area contributed by atoms with Crippen molar-refractivity contribution in [2.24, 2.45) is 22.9 Å². The lowest BCUT2D eigenvalue weighted by Gasteiger charge is -2.60.